The average Bonchev–Trinajstić information content (AvgIpc) is 3.27. The highest BCUT2D eigenvalue weighted by molar-refractivity contribution is 5.95. The number of nitrogens with zero attached hydrogens (tertiary/aromatic N) is 4. The third kappa shape index (κ3) is 10.3. The van der Waals surface area contributed by atoms with Gasteiger partial charge in [-0.2, -0.15) is 0 Å². The standard InChI is InChI=1S/C36H49N7O6/c1-24(2)19-29(40-36(49)43-17-11-5-6-12-18-43)35(48)42(4)31(20-25-22-38-28-15-8-7-14-27(25)28)33(46)39-30(21-26-13-9-10-16-37-26)34(47)41(3)23-32(44)45/h7-10,13-16,22,24,29-31,38H,5-6,11-12,17-21,23H2,1-4H3,(H,39,46)(H,40,49)(H,44,45)/t29-,30-,31+/m1/s1. The fraction of sp³-hybridized carbons (Fsp3) is 0.500. The number of benzene rings is 1. The SMILES string of the molecule is CC(C)C[C@@H](NC(=O)N1CCCCCC1)C(=O)N(C)[C@@H](Cc1c[nH]c2ccccc12)C(=O)N[C@H](Cc1ccccn1)C(=O)N(C)CC(=O)O. The molecule has 3 atom stereocenters. The van der Waals surface area contributed by atoms with Crippen molar-refractivity contribution in [3.8, 4) is 0 Å². The molecule has 0 bridgehead atoms. The highest BCUT2D eigenvalue weighted by atomic mass is 16.4. The van der Waals surface area contributed by atoms with Crippen LogP contribution < -0.4 is 10.6 Å². The lowest BCUT2D eigenvalue weighted by Gasteiger charge is -2.33. The van der Waals surface area contributed by atoms with Crippen LogP contribution in [0.1, 0.15) is 57.2 Å². The molecule has 4 N–H and O–H groups in total. The van der Waals surface area contributed by atoms with Gasteiger partial charge in [0.2, 0.25) is 17.7 Å². The maximum Gasteiger partial charge on any atom is 0.323 e. The van der Waals surface area contributed by atoms with Crippen molar-refractivity contribution in [3.63, 3.8) is 0 Å². The van der Waals surface area contributed by atoms with Gasteiger partial charge in [-0.3, -0.25) is 24.2 Å². The molecule has 0 aliphatic carbocycles. The molecule has 13 heteroatoms. The van der Waals surface area contributed by atoms with Crippen LogP contribution in [0.2, 0.25) is 0 Å². The Morgan fingerprint density at radius 2 is 1.59 bits per heavy atom. The summed E-state index contributed by atoms with van der Waals surface area (Å²) in [5, 5.41) is 16.0. The number of amides is 5. The Balaban J connectivity index is 1.65. The first-order chi connectivity index (χ1) is 23.4. The van der Waals surface area contributed by atoms with Crippen LogP contribution in [0, 0.1) is 5.92 Å². The molecule has 5 amide bonds. The Hall–Kier alpha value is -4.94. The maximum absolute atomic E-state index is 14.3. The number of carboxylic acids is 1. The smallest absolute Gasteiger partial charge is 0.323 e. The number of pyridine rings is 1. The number of hydrogen-bond donors (Lipinski definition) is 4. The van der Waals surface area contributed by atoms with E-state index in [0.717, 1.165) is 47.0 Å². The number of rotatable bonds is 14. The molecule has 3 aromatic rings. The van der Waals surface area contributed by atoms with Gasteiger partial charge < -0.3 is 35.4 Å². The number of carboxylic acid groups (broad SMARTS) is 1. The summed E-state index contributed by atoms with van der Waals surface area (Å²) in [6, 6.07) is 9.41. The van der Waals surface area contributed by atoms with E-state index in [1.165, 1.54) is 11.9 Å². The second-order valence-corrected chi connectivity index (χ2v) is 13.2. The van der Waals surface area contributed by atoms with Gasteiger partial charge in [-0.15, -0.1) is 0 Å². The van der Waals surface area contributed by atoms with Crippen LogP contribution in [-0.2, 0) is 32.0 Å². The van der Waals surface area contributed by atoms with Gasteiger partial charge in [0.25, 0.3) is 0 Å². The van der Waals surface area contributed by atoms with Crippen LogP contribution in [0.25, 0.3) is 10.9 Å². The summed E-state index contributed by atoms with van der Waals surface area (Å²) < 4.78 is 0. The molecule has 0 spiro atoms. The monoisotopic (exact) mass is 675 g/mol. The van der Waals surface area contributed by atoms with Crippen LogP contribution in [0.4, 0.5) is 4.79 Å². The summed E-state index contributed by atoms with van der Waals surface area (Å²) >= 11 is 0. The Kier molecular flexibility index (Phi) is 13.1. The fourth-order valence-corrected chi connectivity index (χ4v) is 6.26. The summed E-state index contributed by atoms with van der Waals surface area (Å²) in [5.41, 5.74) is 2.18. The average molecular weight is 676 g/mol. The molecule has 49 heavy (non-hydrogen) atoms. The van der Waals surface area contributed by atoms with E-state index >= 15 is 0 Å². The molecule has 1 aliphatic heterocycles. The zero-order valence-electron chi connectivity index (χ0n) is 28.9. The van der Waals surface area contributed by atoms with Gasteiger partial charge in [0.05, 0.1) is 0 Å². The van der Waals surface area contributed by atoms with E-state index in [4.69, 9.17) is 0 Å². The number of H-pyrrole nitrogens is 1. The molecular weight excluding hydrogens is 626 g/mol. The summed E-state index contributed by atoms with van der Waals surface area (Å²) in [6.07, 6.45) is 7.78. The lowest BCUT2D eigenvalue weighted by Crippen LogP contribution is -2.59. The van der Waals surface area contributed by atoms with Crippen molar-refractivity contribution in [1.82, 2.24) is 35.3 Å². The summed E-state index contributed by atoms with van der Waals surface area (Å²) in [7, 11) is 2.90. The maximum atomic E-state index is 14.3. The fourth-order valence-electron chi connectivity index (χ4n) is 6.26. The highest BCUT2D eigenvalue weighted by Crippen LogP contribution is 2.22. The molecule has 1 aromatic carbocycles. The van der Waals surface area contributed by atoms with Gasteiger partial charge in [-0.1, -0.05) is 51.0 Å². The first-order valence-electron chi connectivity index (χ1n) is 17.0. The summed E-state index contributed by atoms with van der Waals surface area (Å²) in [4.78, 5) is 78.7. The van der Waals surface area contributed by atoms with Crippen LogP contribution in [0.3, 0.4) is 0 Å². The van der Waals surface area contributed by atoms with E-state index in [2.05, 4.69) is 20.6 Å². The Morgan fingerprint density at radius 3 is 2.24 bits per heavy atom. The second-order valence-electron chi connectivity index (χ2n) is 13.2. The molecular formula is C36H49N7O6. The molecule has 0 radical (unpaired) electrons. The Bertz CT molecular complexity index is 1580. The number of likely N-dealkylation sites (tertiary alicyclic amines) is 1. The van der Waals surface area contributed by atoms with Crippen molar-refractivity contribution >= 4 is 40.6 Å². The van der Waals surface area contributed by atoms with Crippen LogP contribution >= 0.6 is 0 Å². The minimum Gasteiger partial charge on any atom is -0.480 e. The van der Waals surface area contributed by atoms with Gasteiger partial charge in [-0.25, -0.2) is 4.79 Å². The number of carbonyl (C=O) groups excluding carboxylic acids is 4. The van der Waals surface area contributed by atoms with Crippen molar-refractivity contribution < 1.29 is 29.1 Å². The second kappa shape index (κ2) is 17.5. The zero-order chi connectivity index (χ0) is 35.5. The van der Waals surface area contributed by atoms with E-state index in [-0.39, 0.29) is 24.8 Å². The van der Waals surface area contributed by atoms with E-state index in [1.54, 1.807) is 42.5 Å². The number of para-hydroxylation sites is 1. The first-order valence-corrected chi connectivity index (χ1v) is 17.0. The van der Waals surface area contributed by atoms with Gasteiger partial charge in [0.15, 0.2) is 0 Å². The van der Waals surface area contributed by atoms with Gasteiger partial charge in [-0.05, 0) is 48.9 Å². The number of fused-ring (bicyclic) bond motifs is 1. The number of aromatic nitrogens is 2. The number of urea groups is 1. The number of aliphatic carboxylic acids is 1. The number of nitrogens with one attached hydrogen (secondary N) is 3. The quantitative estimate of drug-likeness (QED) is 0.204. The molecule has 13 nitrogen and oxygen atoms in total. The minimum atomic E-state index is -1.19. The largest absolute Gasteiger partial charge is 0.480 e. The molecule has 0 saturated carbocycles. The summed E-state index contributed by atoms with van der Waals surface area (Å²) in [5.74, 6) is -2.75. The van der Waals surface area contributed by atoms with Crippen LogP contribution in [0.5, 0.6) is 0 Å². The predicted molar refractivity (Wildman–Crippen MR) is 186 cm³/mol. The molecule has 1 saturated heterocycles. The number of hydrogen-bond acceptors (Lipinski definition) is 6. The highest BCUT2D eigenvalue weighted by Gasteiger charge is 2.36. The molecule has 1 aliphatic rings. The van der Waals surface area contributed by atoms with Crippen molar-refractivity contribution in [2.75, 3.05) is 33.7 Å². The van der Waals surface area contributed by atoms with Gasteiger partial charge >= 0.3 is 12.0 Å². The molecule has 4 rings (SSSR count). The van der Waals surface area contributed by atoms with E-state index in [0.29, 0.717) is 25.2 Å². The predicted octanol–water partition coefficient (Wildman–Crippen LogP) is 3.20. The zero-order valence-corrected chi connectivity index (χ0v) is 28.9. The minimum absolute atomic E-state index is 0.00864. The van der Waals surface area contributed by atoms with E-state index < -0.39 is 48.4 Å². The molecule has 1 fully saturated rings. The van der Waals surface area contributed by atoms with Gasteiger partial charge in [0, 0.05) is 69.0 Å². The first kappa shape index (κ1) is 36.9. The van der Waals surface area contributed by atoms with E-state index in [9.17, 15) is 29.1 Å². The Morgan fingerprint density at radius 1 is 0.898 bits per heavy atom. The van der Waals surface area contributed by atoms with Gasteiger partial charge in [0.1, 0.15) is 24.7 Å². The number of carbonyl (C=O) groups is 5. The third-order valence-corrected chi connectivity index (χ3v) is 8.90. The molecule has 3 heterocycles. The number of likely N-dealkylation sites (N-methyl/N-ethyl adjacent to an activating group) is 2. The lowest BCUT2D eigenvalue weighted by molar-refractivity contribution is -0.145. The van der Waals surface area contributed by atoms with Crippen molar-refractivity contribution in [3.05, 3.63) is 66.1 Å². The van der Waals surface area contributed by atoms with E-state index in [1.807, 2.05) is 38.1 Å². The number of aromatic amines is 1. The van der Waals surface area contributed by atoms with Crippen LogP contribution in [-0.4, -0.2) is 111 Å². The molecule has 264 valence electrons. The molecule has 2 aromatic heterocycles. The third-order valence-electron chi connectivity index (χ3n) is 8.90. The van der Waals surface area contributed by atoms with Crippen LogP contribution in [0.15, 0.2) is 54.9 Å². The van der Waals surface area contributed by atoms with Crippen molar-refractivity contribution in [1.29, 1.82) is 0 Å². The Labute approximate surface area is 287 Å². The normalized spacial score (nSPS) is 15.2. The van der Waals surface area contributed by atoms with Crippen molar-refractivity contribution in [2.24, 2.45) is 5.92 Å². The van der Waals surface area contributed by atoms with Crippen molar-refractivity contribution in [2.45, 2.75) is 76.9 Å². The topological polar surface area (TPSA) is 168 Å². The lowest BCUT2D eigenvalue weighted by atomic mass is 9.99. The summed E-state index contributed by atoms with van der Waals surface area (Å²) in [6.45, 7) is 4.62. The molecule has 0 unspecified atom stereocenters.